The highest BCUT2D eigenvalue weighted by Crippen LogP contribution is 2.69. The molecule has 0 heterocycles. The summed E-state index contributed by atoms with van der Waals surface area (Å²) in [5.41, 5.74) is -0.0581. The van der Waals surface area contributed by atoms with E-state index in [0.29, 0.717) is 11.5 Å². The summed E-state index contributed by atoms with van der Waals surface area (Å²) in [5, 5.41) is 10.8. The van der Waals surface area contributed by atoms with Gasteiger partial charge in [-0.15, -0.1) is 0 Å². The normalized spacial score (nSPS) is 39.0. The van der Waals surface area contributed by atoms with Crippen molar-refractivity contribution in [2.45, 2.75) is 44.4 Å². The van der Waals surface area contributed by atoms with Gasteiger partial charge in [-0.05, 0) is 67.6 Å². The van der Waals surface area contributed by atoms with Gasteiger partial charge in [0.05, 0.1) is 11.7 Å². The fourth-order valence-electron chi connectivity index (χ4n) is 5.49. The van der Waals surface area contributed by atoms with Crippen LogP contribution in [0.3, 0.4) is 0 Å². The molecule has 0 radical (unpaired) electrons. The molecule has 4 saturated carbocycles. The lowest BCUT2D eigenvalue weighted by Gasteiger charge is -2.37. The van der Waals surface area contributed by atoms with Crippen LogP contribution in [0.1, 0.15) is 49.3 Å². The van der Waals surface area contributed by atoms with Gasteiger partial charge in [0.2, 0.25) is 0 Å². The van der Waals surface area contributed by atoms with Crippen LogP contribution in [-0.2, 0) is 6.18 Å². The fourth-order valence-corrected chi connectivity index (χ4v) is 5.49. The Morgan fingerprint density at radius 2 is 1.57 bits per heavy atom. The molecule has 4 aliphatic carbocycles. The lowest BCUT2D eigenvalue weighted by molar-refractivity contribution is -0.137. The Morgan fingerprint density at radius 3 is 2.10 bits per heavy atom. The van der Waals surface area contributed by atoms with E-state index in [1.54, 1.807) is 0 Å². The topological polar surface area (TPSA) is 20.2 Å². The van der Waals surface area contributed by atoms with E-state index >= 15 is 0 Å². The maximum absolute atomic E-state index is 12.6. The molecule has 0 aromatic heterocycles. The highest BCUT2D eigenvalue weighted by Gasteiger charge is 2.60. The van der Waals surface area contributed by atoms with Crippen LogP contribution in [0.15, 0.2) is 24.3 Å². The van der Waals surface area contributed by atoms with Gasteiger partial charge in [-0.1, -0.05) is 12.1 Å². The van der Waals surface area contributed by atoms with E-state index in [0.717, 1.165) is 36.8 Å². The van der Waals surface area contributed by atoms with Crippen molar-refractivity contribution in [1.82, 2.24) is 0 Å². The molecule has 3 unspecified atom stereocenters. The van der Waals surface area contributed by atoms with E-state index in [9.17, 15) is 18.3 Å². The number of benzene rings is 1. The largest absolute Gasteiger partial charge is 0.416 e. The summed E-state index contributed by atoms with van der Waals surface area (Å²) in [6.45, 7) is 0. The van der Waals surface area contributed by atoms with E-state index in [1.807, 2.05) is 0 Å². The zero-order chi connectivity index (χ0) is 14.8. The molecule has 3 atom stereocenters. The van der Waals surface area contributed by atoms with Crippen LogP contribution in [-0.4, -0.2) is 5.11 Å². The van der Waals surface area contributed by atoms with Gasteiger partial charge in [-0.2, -0.15) is 13.2 Å². The van der Waals surface area contributed by atoms with E-state index in [1.165, 1.54) is 31.4 Å². The molecular formula is C17H19F3O. The molecule has 0 aliphatic heterocycles. The highest BCUT2D eigenvalue weighted by molar-refractivity contribution is 5.29. The van der Waals surface area contributed by atoms with Crippen molar-refractivity contribution in [3.05, 3.63) is 35.4 Å². The van der Waals surface area contributed by atoms with Crippen LogP contribution in [0.4, 0.5) is 13.2 Å². The van der Waals surface area contributed by atoms with Crippen LogP contribution < -0.4 is 0 Å². The van der Waals surface area contributed by atoms with Gasteiger partial charge in [-0.3, -0.25) is 0 Å². The van der Waals surface area contributed by atoms with Crippen LogP contribution in [0.2, 0.25) is 0 Å². The minimum atomic E-state index is -4.31. The molecule has 1 nitrogen and oxygen atoms in total. The lowest BCUT2D eigenvalue weighted by Crippen LogP contribution is -2.30. The van der Waals surface area contributed by atoms with Crippen molar-refractivity contribution in [2.75, 3.05) is 0 Å². The summed E-state index contributed by atoms with van der Waals surface area (Å²) in [4.78, 5) is 0. The molecule has 5 rings (SSSR count). The average Bonchev–Trinajstić information content (AvgIpc) is 2.83. The Kier molecular flexibility index (Phi) is 2.76. The molecule has 21 heavy (non-hydrogen) atoms. The zero-order valence-corrected chi connectivity index (χ0v) is 11.7. The van der Waals surface area contributed by atoms with Gasteiger partial charge in [0, 0.05) is 5.41 Å². The molecule has 0 spiro atoms. The van der Waals surface area contributed by atoms with Crippen LogP contribution in [0.5, 0.6) is 0 Å². The van der Waals surface area contributed by atoms with Crippen molar-refractivity contribution in [3.63, 3.8) is 0 Å². The van der Waals surface area contributed by atoms with Crippen molar-refractivity contribution < 1.29 is 18.3 Å². The third kappa shape index (κ3) is 1.95. The Hall–Kier alpha value is -1.03. The Morgan fingerprint density at radius 1 is 1.00 bits per heavy atom. The van der Waals surface area contributed by atoms with Gasteiger partial charge < -0.3 is 5.11 Å². The van der Waals surface area contributed by atoms with Gasteiger partial charge >= 0.3 is 6.18 Å². The van der Waals surface area contributed by atoms with Gasteiger partial charge in [0.15, 0.2) is 0 Å². The molecule has 1 N–H and O–H groups in total. The van der Waals surface area contributed by atoms with Gasteiger partial charge in [0.1, 0.15) is 0 Å². The molecule has 4 aliphatic rings. The number of alkyl halides is 3. The summed E-state index contributed by atoms with van der Waals surface area (Å²) in [5.74, 6) is 2.02. The van der Waals surface area contributed by atoms with Crippen LogP contribution >= 0.6 is 0 Å². The standard InChI is InChI=1S/C17H19F3O/c18-17(19,20)13-3-1-12(2-4-13)15(21)16-8-10-5-11(9-16)7-14(16)6-10/h1-4,10-11,14-15,21H,5-9H2. The predicted molar refractivity (Wildman–Crippen MR) is 72.4 cm³/mol. The monoisotopic (exact) mass is 296 g/mol. The Balaban J connectivity index is 1.62. The number of rotatable bonds is 2. The Labute approximate surface area is 122 Å². The fraction of sp³-hybridized carbons (Fsp3) is 0.647. The highest BCUT2D eigenvalue weighted by atomic mass is 19.4. The molecule has 1 aromatic rings. The minimum Gasteiger partial charge on any atom is -0.388 e. The third-order valence-electron chi connectivity index (χ3n) is 6.15. The summed E-state index contributed by atoms with van der Waals surface area (Å²) in [6.07, 6.45) is 0.875. The van der Waals surface area contributed by atoms with Crippen molar-refractivity contribution >= 4 is 0 Å². The van der Waals surface area contributed by atoms with Crippen molar-refractivity contribution in [1.29, 1.82) is 0 Å². The average molecular weight is 296 g/mol. The third-order valence-corrected chi connectivity index (χ3v) is 6.15. The first-order valence-corrected chi connectivity index (χ1v) is 7.74. The number of aliphatic hydroxyl groups is 1. The second-order valence-electron chi connectivity index (χ2n) is 7.30. The quantitative estimate of drug-likeness (QED) is 0.848. The molecule has 114 valence electrons. The molecule has 0 saturated heterocycles. The molecule has 4 bridgehead atoms. The number of hydrogen-bond donors (Lipinski definition) is 1. The summed E-state index contributed by atoms with van der Waals surface area (Å²) in [6, 6.07) is 5.10. The smallest absolute Gasteiger partial charge is 0.388 e. The predicted octanol–water partition coefficient (Wildman–Crippen LogP) is 4.57. The maximum atomic E-state index is 12.6. The first kappa shape index (κ1) is 13.6. The Bertz CT molecular complexity index is 534. The molecule has 4 heteroatoms. The summed E-state index contributed by atoms with van der Waals surface area (Å²) in [7, 11) is 0. The first-order chi connectivity index (χ1) is 9.88. The minimum absolute atomic E-state index is 0.0622. The van der Waals surface area contributed by atoms with Crippen LogP contribution in [0.25, 0.3) is 0 Å². The summed E-state index contributed by atoms with van der Waals surface area (Å²) < 4.78 is 37.9. The van der Waals surface area contributed by atoms with E-state index < -0.39 is 17.8 Å². The van der Waals surface area contributed by atoms with E-state index in [2.05, 4.69) is 0 Å². The summed E-state index contributed by atoms with van der Waals surface area (Å²) >= 11 is 0. The number of hydrogen-bond acceptors (Lipinski definition) is 1. The number of aliphatic hydroxyl groups excluding tert-OH is 1. The number of halogens is 3. The van der Waals surface area contributed by atoms with Gasteiger partial charge in [-0.25, -0.2) is 0 Å². The second kappa shape index (κ2) is 4.25. The SMILES string of the molecule is OC(c1ccc(C(F)(F)F)cc1)C12CC3CC(CC1C3)C2. The van der Waals surface area contributed by atoms with E-state index in [4.69, 9.17) is 0 Å². The molecular weight excluding hydrogens is 277 g/mol. The zero-order valence-electron chi connectivity index (χ0n) is 11.7. The second-order valence-corrected chi connectivity index (χ2v) is 7.30. The maximum Gasteiger partial charge on any atom is 0.416 e. The van der Waals surface area contributed by atoms with Crippen molar-refractivity contribution in [3.8, 4) is 0 Å². The van der Waals surface area contributed by atoms with Crippen molar-refractivity contribution in [2.24, 2.45) is 23.2 Å². The van der Waals surface area contributed by atoms with Crippen LogP contribution in [0, 0.1) is 23.2 Å². The first-order valence-electron chi connectivity index (χ1n) is 7.74. The molecule has 0 amide bonds. The van der Waals surface area contributed by atoms with Gasteiger partial charge in [0.25, 0.3) is 0 Å². The van der Waals surface area contributed by atoms with E-state index in [-0.39, 0.29) is 5.41 Å². The lowest BCUT2D eigenvalue weighted by atomic mass is 9.70. The molecule has 4 fully saturated rings. The molecule has 1 aromatic carbocycles.